The minimum absolute atomic E-state index is 0. The molecule has 1 aromatic heterocycles. The van der Waals surface area contributed by atoms with Gasteiger partial charge in [-0.1, -0.05) is 11.3 Å². The molecule has 2 heterocycles. The van der Waals surface area contributed by atoms with Crippen molar-refractivity contribution in [3.8, 4) is 0 Å². The Bertz CT molecular complexity index is 1010. The van der Waals surface area contributed by atoms with Crippen LogP contribution in [0.25, 0.3) is 10.2 Å². The molecular weight excluding hydrogens is 468 g/mol. The topological polar surface area (TPSA) is 45.7 Å². The average molecular weight is 498 g/mol. The Morgan fingerprint density at radius 3 is 2.39 bits per heavy atom. The Balaban J connectivity index is 0.00000228. The van der Waals surface area contributed by atoms with E-state index in [-0.39, 0.29) is 29.2 Å². The Kier molecular flexibility index (Phi) is 6.40. The fraction of sp³-hybridized carbons (Fsp3) is 0.667. The third kappa shape index (κ3) is 4.28. The number of morpholine rings is 1. The number of ether oxygens (including phenoxy) is 1. The molecule has 5 aliphatic rings. The number of benzene rings is 1. The van der Waals surface area contributed by atoms with Crippen LogP contribution in [0.1, 0.15) is 38.5 Å². The molecule has 0 spiro atoms. The number of hydrogen-bond donors (Lipinski definition) is 0. The van der Waals surface area contributed by atoms with Crippen LogP contribution in [-0.2, 0) is 9.53 Å². The first-order chi connectivity index (χ1) is 15.5. The molecule has 180 valence electrons. The van der Waals surface area contributed by atoms with Crippen LogP contribution in [0.2, 0.25) is 0 Å². The standard InChI is InChI=1S/C24H29F2N3O2S.ClH/c25-18-10-19(26)21-20(11-18)32-23(27-21)29(2-1-28-3-5-31-6-4-28)22(30)24-12-15-7-16(13-24)9-17(8-15)14-24;/h10-11,15-17H,1-9,12-14H2;1H. The van der Waals surface area contributed by atoms with Crippen molar-refractivity contribution < 1.29 is 18.3 Å². The number of rotatable bonds is 5. The van der Waals surface area contributed by atoms with Gasteiger partial charge in [0.1, 0.15) is 11.3 Å². The summed E-state index contributed by atoms with van der Waals surface area (Å²) in [4.78, 5) is 22.8. The lowest BCUT2D eigenvalue weighted by Crippen LogP contribution is -2.56. The number of hydrogen-bond acceptors (Lipinski definition) is 5. The summed E-state index contributed by atoms with van der Waals surface area (Å²) in [5, 5.41) is 0.499. The molecule has 5 fully saturated rings. The van der Waals surface area contributed by atoms with E-state index in [1.165, 1.54) is 36.7 Å². The lowest BCUT2D eigenvalue weighted by molar-refractivity contribution is -0.143. The molecule has 0 unspecified atom stereocenters. The molecule has 1 amide bonds. The van der Waals surface area contributed by atoms with Crippen molar-refractivity contribution in [3.63, 3.8) is 0 Å². The molecular formula is C24H30ClF2N3O2S. The van der Waals surface area contributed by atoms with E-state index in [2.05, 4.69) is 9.88 Å². The molecule has 33 heavy (non-hydrogen) atoms. The molecule has 4 aliphatic carbocycles. The van der Waals surface area contributed by atoms with E-state index in [0.717, 1.165) is 45.0 Å². The van der Waals surface area contributed by atoms with Crippen LogP contribution in [0.15, 0.2) is 12.1 Å². The Hall–Kier alpha value is -1.35. The van der Waals surface area contributed by atoms with Gasteiger partial charge in [0.15, 0.2) is 10.9 Å². The molecule has 0 radical (unpaired) electrons. The first-order valence-electron chi connectivity index (χ1n) is 11.9. The zero-order valence-corrected chi connectivity index (χ0v) is 20.2. The smallest absolute Gasteiger partial charge is 0.235 e. The van der Waals surface area contributed by atoms with Gasteiger partial charge in [-0.25, -0.2) is 13.8 Å². The molecule has 2 aromatic rings. The van der Waals surface area contributed by atoms with Crippen LogP contribution in [0.3, 0.4) is 0 Å². The fourth-order valence-electron chi connectivity index (χ4n) is 7.07. The molecule has 1 aliphatic heterocycles. The van der Waals surface area contributed by atoms with Gasteiger partial charge in [0, 0.05) is 32.2 Å². The predicted molar refractivity (Wildman–Crippen MR) is 127 cm³/mol. The Morgan fingerprint density at radius 2 is 1.76 bits per heavy atom. The van der Waals surface area contributed by atoms with Gasteiger partial charge in [0.05, 0.1) is 23.3 Å². The summed E-state index contributed by atoms with van der Waals surface area (Å²) in [5.74, 6) is 0.856. The van der Waals surface area contributed by atoms with E-state index < -0.39 is 11.6 Å². The number of thiazole rings is 1. The van der Waals surface area contributed by atoms with E-state index in [4.69, 9.17) is 4.74 Å². The maximum Gasteiger partial charge on any atom is 0.235 e. The monoisotopic (exact) mass is 497 g/mol. The molecule has 9 heteroatoms. The van der Waals surface area contributed by atoms with Crippen LogP contribution in [-0.4, -0.2) is 55.2 Å². The SMILES string of the molecule is Cl.O=C(N(CCN1CCOCC1)c1nc2c(F)cc(F)cc2s1)C12CC3CC(CC(C3)C1)C2. The summed E-state index contributed by atoms with van der Waals surface area (Å²) in [5.41, 5.74) is -0.150. The van der Waals surface area contributed by atoms with E-state index in [1.54, 1.807) is 0 Å². The van der Waals surface area contributed by atoms with Crippen molar-refractivity contribution in [2.75, 3.05) is 44.3 Å². The lowest BCUT2D eigenvalue weighted by Gasteiger charge is -2.56. The summed E-state index contributed by atoms with van der Waals surface area (Å²) in [6.45, 7) is 4.35. The second kappa shape index (κ2) is 9.02. The number of carbonyl (C=O) groups is 1. The van der Waals surface area contributed by atoms with E-state index in [1.807, 2.05) is 4.90 Å². The van der Waals surface area contributed by atoms with Gasteiger partial charge in [-0.2, -0.15) is 0 Å². The number of fused-ring (bicyclic) bond motifs is 1. The van der Waals surface area contributed by atoms with Crippen LogP contribution in [0.5, 0.6) is 0 Å². The van der Waals surface area contributed by atoms with Crippen molar-refractivity contribution in [3.05, 3.63) is 23.8 Å². The number of halogens is 3. The average Bonchev–Trinajstić information content (AvgIpc) is 3.17. The number of carbonyl (C=O) groups excluding carboxylic acids is 1. The highest BCUT2D eigenvalue weighted by molar-refractivity contribution is 7.22. The van der Waals surface area contributed by atoms with E-state index in [0.29, 0.717) is 47.3 Å². The zero-order valence-electron chi connectivity index (χ0n) is 18.6. The molecule has 4 saturated carbocycles. The highest BCUT2D eigenvalue weighted by Crippen LogP contribution is 2.60. The van der Waals surface area contributed by atoms with Gasteiger partial charge >= 0.3 is 0 Å². The number of nitrogens with zero attached hydrogens (tertiary/aromatic N) is 3. The summed E-state index contributed by atoms with van der Waals surface area (Å²) >= 11 is 1.22. The summed E-state index contributed by atoms with van der Waals surface area (Å²) < 4.78 is 34.1. The van der Waals surface area contributed by atoms with Gasteiger partial charge in [-0.3, -0.25) is 14.6 Å². The normalized spacial score (nSPS) is 31.0. The highest BCUT2D eigenvalue weighted by atomic mass is 35.5. The second-order valence-electron chi connectivity index (χ2n) is 10.3. The molecule has 1 aromatic carbocycles. The molecule has 0 N–H and O–H groups in total. The molecule has 1 saturated heterocycles. The van der Waals surface area contributed by atoms with Gasteiger partial charge in [-0.15, -0.1) is 12.4 Å². The van der Waals surface area contributed by atoms with E-state index >= 15 is 0 Å². The molecule has 7 rings (SSSR count). The maximum absolute atomic E-state index is 14.4. The maximum atomic E-state index is 14.4. The van der Waals surface area contributed by atoms with Crippen molar-refractivity contribution in [2.45, 2.75) is 38.5 Å². The fourth-order valence-corrected chi connectivity index (χ4v) is 8.10. The first-order valence-corrected chi connectivity index (χ1v) is 12.7. The Morgan fingerprint density at radius 1 is 1.12 bits per heavy atom. The molecule has 5 nitrogen and oxygen atoms in total. The molecule has 0 atom stereocenters. The summed E-state index contributed by atoms with van der Waals surface area (Å²) in [6.07, 6.45) is 6.73. The third-order valence-electron chi connectivity index (χ3n) is 8.11. The summed E-state index contributed by atoms with van der Waals surface area (Å²) in [6, 6.07) is 2.18. The second-order valence-corrected chi connectivity index (χ2v) is 11.3. The van der Waals surface area contributed by atoms with Gasteiger partial charge < -0.3 is 4.74 Å². The van der Waals surface area contributed by atoms with Gasteiger partial charge in [-0.05, 0) is 62.3 Å². The zero-order chi connectivity index (χ0) is 21.9. The van der Waals surface area contributed by atoms with Crippen LogP contribution in [0.4, 0.5) is 13.9 Å². The van der Waals surface area contributed by atoms with Crippen molar-refractivity contribution in [1.29, 1.82) is 0 Å². The predicted octanol–water partition coefficient (Wildman–Crippen LogP) is 4.88. The van der Waals surface area contributed by atoms with Crippen LogP contribution < -0.4 is 4.90 Å². The highest BCUT2D eigenvalue weighted by Gasteiger charge is 2.56. The Labute approximate surface area is 202 Å². The third-order valence-corrected chi connectivity index (χ3v) is 9.14. The number of aromatic nitrogens is 1. The van der Waals surface area contributed by atoms with Crippen LogP contribution in [0, 0.1) is 34.8 Å². The lowest BCUT2D eigenvalue weighted by atomic mass is 9.49. The van der Waals surface area contributed by atoms with Gasteiger partial charge in [0.25, 0.3) is 0 Å². The largest absolute Gasteiger partial charge is 0.379 e. The van der Waals surface area contributed by atoms with Crippen molar-refractivity contribution >= 4 is 45.0 Å². The number of anilines is 1. The number of amides is 1. The van der Waals surface area contributed by atoms with E-state index in [9.17, 15) is 13.6 Å². The van der Waals surface area contributed by atoms with Crippen LogP contribution >= 0.6 is 23.7 Å². The summed E-state index contributed by atoms with van der Waals surface area (Å²) in [7, 11) is 0. The minimum atomic E-state index is -0.669. The van der Waals surface area contributed by atoms with Gasteiger partial charge in [0.2, 0.25) is 5.91 Å². The van der Waals surface area contributed by atoms with Crippen molar-refractivity contribution in [2.24, 2.45) is 23.2 Å². The quantitative estimate of drug-likeness (QED) is 0.590. The minimum Gasteiger partial charge on any atom is -0.379 e. The van der Waals surface area contributed by atoms with Crippen molar-refractivity contribution in [1.82, 2.24) is 9.88 Å². The first kappa shape index (κ1) is 23.4. The molecule has 4 bridgehead atoms.